The number of hydrogen-bond donors (Lipinski definition) is 1. The molecule has 2 aromatic carbocycles. The molecule has 5 nitrogen and oxygen atoms in total. The zero-order chi connectivity index (χ0) is 20.8. The van der Waals surface area contributed by atoms with Gasteiger partial charge < -0.3 is 15.1 Å². The van der Waals surface area contributed by atoms with Crippen molar-refractivity contribution in [2.24, 2.45) is 0 Å². The lowest BCUT2D eigenvalue weighted by Crippen LogP contribution is -2.43. The van der Waals surface area contributed by atoms with Gasteiger partial charge in [-0.2, -0.15) is 0 Å². The molecule has 1 aliphatic heterocycles. The summed E-state index contributed by atoms with van der Waals surface area (Å²) in [5.41, 5.74) is 2.71. The Labute approximate surface area is 173 Å². The number of carbonyl (C=O) groups is 2. The number of nitrogens with zero attached hydrogens (tertiary/aromatic N) is 2. The number of carbonyl (C=O) groups excluding carboxylic acids is 2. The minimum Gasteiger partial charge on any atom is -0.369 e. The van der Waals surface area contributed by atoms with E-state index >= 15 is 0 Å². The van der Waals surface area contributed by atoms with Crippen LogP contribution in [0.3, 0.4) is 0 Å². The molecule has 1 unspecified atom stereocenters. The molecule has 1 fully saturated rings. The standard InChI is InChI=1S/C24H31N3O2/c1-4-26(18(2)3)21-15-13-20(14-16-21)25-24(29)23(19-10-6-5-7-11-19)27-17-9-8-12-22(27)28/h5-7,10-11,13-16,18,23H,4,8-9,12,17H2,1-3H3,(H,25,29). The molecule has 1 N–H and O–H groups in total. The maximum Gasteiger partial charge on any atom is 0.251 e. The highest BCUT2D eigenvalue weighted by molar-refractivity contribution is 5.98. The van der Waals surface area contributed by atoms with Gasteiger partial charge in [-0.05, 0) is 63.4 Å². The minimum absolute atomic E-state index is 0.0473. The molecule has 1 saturated heterocycles. The quantitative estimate of drug-likeness (QED) is 0.747. The second-order valence-corrected chi connectivity index (χ2v) is 7.77. The molecule has 1 aliphatic rings. The molecule has 154 valence electrons. The maximum absolute atomic E-state index is 13.2. The van der Waals surface area contributed by atoms with Gasteiger partial charge in [0.25, 0.3) is 5.91 Å². The number of hydrogen-bond acceptors (Lipinski definition) is 3. The second kappa shape index (κ2) is 9.59. The molecular weight excluding hydrogens is 362 g/mol. The Morgan fingerprint density at radius 1 is 1.07 bits per heavy atom. The first-order valence-electron chi connectivity index (χ1n) is 10.5. The van der Waals surface area contributed by atoms with E-state index in [4.69, 9.17) is 0 Å². The van der Waals surface area contributed by atoms with Crippen LogP contribution in [0.15, 0.2) is 54.6 Å². The van der Waals surface area contributed by atoms with Crippen LogP contribution < -0.4 is 10.2 Å². The van der Waals surface area contributed by atoms with Crippen molar-refractivity contribution in [2.45, 2.75) is 52.1 Å². The van der Waals surface area contributed by atoms with Crippen LogP contribution in [0.4, 0.5) is 11.4 Å². The first kappa shape index (κ1) is 20.9. The van der Waals surface area contributed by atoms with E-state index in [1.807, 2.05) is 54.6 Å². The van der Waals surface area contributed by atoms with E-state index in [0.717, 1.165) is 36.3 Å². The Kier molecular flexibility index (Phi) is 6.91. The molecule has 5 heteroatoms. The van der Waals surface area contributed by atoms with Gasteiger partial charge in [0.2, 0.25) is 5.91 Å². The molecule has 0 aromatic heterocycles. The monoisotopic (exact) mass is 393 g/mol. The van der Waals surface area contributed by atoms with Crippen molar-refractivity contribution >= 4 is 23.2 Å². The van der Waals surface area contributed by atoms with E-state index in [1.165, 1.54) is 0 Å². The number of piperidine rings is 1. The van der Waals surface area contributed by atoms with Gasteiger partial charge in [-0.1, -0.05) is 30.3 Å². The molecule has 1 heterocycles. The lowest BCUT2D eigenvalue weighted by molar-refractivity contribution is -0.141. The van der Waals surface area contributed by atoms with Gasteiger partial charge in [-0.15, -0.1) is 0 Å². The summed E-state index contributed by atoms with van der Waals surface area (Å²) in [6, 6.07) is 17.3. The molecule has 3 rings (SSSR count). The van der Waals surface area contributed by atoms with Crippen LogP contribution in [-0.4, -0.2) is 35.8 Å². The Hall–Kier alpha value is -2.82. The molecular formula is C24H31N3O2. The van der Waals surface area contributed by atoms with Crippen molar-refractivity contribution in [2.75, 3.05) is 23.3 Å². The van der Waals surface area contributed by atoms with Gasteiger partial charge in [0.1, 0.15) is 6.04 Å². The fourth-order valence-corrected chi connectivity index (χ4v) is 4.00. The smallest absolute Gasteiger partial charge is 0.251 e. The Morgan fingerprint density at radius 2 is 1.76 bits per heavy atom. The SMILES string of the molecule is CCN(c1ccc(NC(=O)C(c2ccccc2)N2CCCCC2=O)cc1)C(C)C. The Balaban J connectivity index is 1.80. The van der Waals surface area contributed by atoms with E-state index < -0.39 is 6.04 Å². The van der Waals surface area contributed by atoms with Crippen LogP contribution in [0, 0.1) is 0 Å². The van der Waals surface area contributed by atoms with Gasteiger partial charge in [-0.3, -0.25) is 9.59 Å². The number of amides is 2. The summed E-state index contributed by atoms with van der Waals surface area (Å²) >= 11 is 0. The molecule has 0 radical (unpaired) electrons. The fraction of sp³-hybridized carbons (Fsp3) is 0.417. The van der Waals surface area contributed by atoms with E-state index in [1.54, 1.807) is 4.90 Å². The lowest BCUT2D eigenvalue weighted by Gasteiger charge is -2.34. The van der Waals surface area contributed by atoms with Crippen molar-refractivity contribution in [3.05, 3.63) is 60.2 Å². The predicted molar refractivity (Wildman–Crippen MR) is 118 cm³/mol. The molecule has 2 aromatic rings. The maximum atomic E-state index is 13.2. The number of anilines is 2. The largest absolute Gasteiger partial charge is 0.369 e. The normalized spacial score (nSPS) is 15.3. The van der Waals surface area contributed by atoms with Gasteiger partial charge in [0, 0.05) is 36.9 Å². The highest BCUT2D eigenvalue weighted by Crippen LogP contribution is 2.27. The zero-order valence-corrected chi connectivity index (χ0v) is 17.6. The number of benzene rings is 2. The fourth-order valence-electron chi connectivity index (χ4n) is 4.00. The van der Waals surface area contributed by atoms with Crippen molar-refractivity contribution in [1.29, 1.82) is 0 Å². The highest BCUT2D eigenvalue weighted by atomic mass is 16.2. The van der Waals surface area contributed by atoms with E-state index in [9.17, 15) is 9.59 Å². The number of rotatable bonds is 7. The molecule has 0 saturated carbocycles. The average Bonchev–Trinajstić information content (AvgIpc) is 2.72. The van der Waals surface area contributed by atoms with E-state index in [2.05, 4.69) is 31.0 Å². The lowest BCUT2D eigenvalue weighted by atomic mass is 10.0. The summed E-state index contributed by atoms with van der Waals surface area (Å²) in [6.07, 6.45) is 2.33. The summed E-state index contributed by atoms with van der Waals surface area (Å²) in [4.78, 5) is 29.8. The van der Waals surface area contributed by atoms with Crippen LogP contribution >= 0.6 is 0 Å². The third kappa shape index (κ3) is 4.97. The van der Waals surface area contributed by atoms with Gasteiger partial charge in [0.05, 0.1) is 0 Å². The van der Waals surface area contributed by atoms with E-state index in [0.29, 0.717) is 19.0 Å². The topological polar surface area (TPSA) is 52.7 Å². The van der Waals surface area contributed by atoms with Crippen LogP contribution in [0.1, 0.15) is 51.6 Å². The third-order valence-electron chi connectivity index (χ3n) is 5.47. The zero-order valence-electron chi connectivity index (χ0n) is 17.6. The summed E-state index contributed by atoms with van der Waals surface area (Å²) in [6.45, 7) is 8.01. The summed E-state index contributed by atoms with van der Waals surface area (Å²) in [5.74, 6) is -0.124. The summed E-state index contributed by atoms with van der Waals surface area (Å²) in [5, 5.41) is 3.02. The van der Waals surface area contributed by atoms with Gasteiger partial charge in [0.15, 0.2) is 0 Å². The van der Waals surface area contributed by atoms with Crippen LogP contribution in [0.25, 0.3) is 0 Å². The van der Waals surface area contributed by atoms with Crippen molar-refractivity contribution < 1.29 is 9.59 Å². The molecule has 0 aliphatic carbocycles. The van der Waals surface area contributed by atoms with Crippen LogP contribution in [0.5, 0.6) is 0 Å². The first-order chi connectivity index (χ1) is 14.0. The Morgan fingerprint density at radius 3 is 2.34 bits per heavy atom. The molecule has 29 heavy (non-hydrogen) atoms. The Bertz CT molecular complexity index is 818. The number of likely N-dealkylation sites (tertiary alicyclic amines) is 1. The van der Waals surface area contributed by atoms with Gasteiger partial charge in [-0.25, -0.2) is 0 Å². The average molecular weight is 394 g/mol. The molecule has 1 atom stereocenters. The number of nitrogens with one attached hydrogen (secondary N) is 1. The molecule has 0 spiro atoms. The third-order valence-corrected chi connectivity index (χ3v) is 5.47. The molecule has 0 bridgehead atoms. The van der Waals surface area contributed by atoms with Crippen molar-refractivity contribution in [3.8, 4) is 0 Å². The summed E-state index contributed by atoms with van der Waals surface area (Å²) in [7, 11) is 0. The van der Waals surface area contributed by atoms with E-state index in [-0.39, 0.29) is 11.8 Å². The van der Waals surface area contributed by atoms with Crippen molar-refractivity contribution in [1.82, 2.24) is 4.90 Å². The first-order valence-corrected chi connectivity index (χ1v) is 10.5. The molecule has 2 amide bonds. The minimum atomic E-state index is -0.605. The highest BCUT2D eigenvalue weighted by Gasteiger charge is 2.32. The van der Waals surface area contributed by atoms with Crippen molar-refractivity contribution in [3.63, 3.8) is 0 Å². The van der Waals surface area contributed by atoms with Gasteiger partial charge >= 0.3 is 0 Å². The predicted octanol–water partition coefficient (Wildman–Crippen LogP) is 4.61. The summed E-state index contributed by atoms with van der Waals surface area (Å²) < 4.78 is 0. The van der Waals surface area contributed by atoms with Crippen LogP contribution in [-0.2, 0) is 9.59 Å². The second-order valence-electron chi connectivity index (χ2n) is 7.77. The van der Waals surface area contributed by atoms with Crippen LogP contribution in [0.2, 0.25) is 0 Å².